The summed E-state index contributed by atoms with van der Waals surface area (Å²) in [6, 6.07) is 0. The third-order valence-electron chi connectivity index (χ3n) is 1.26. The second-order valence-corrected chi connectivity index (χ2v) is 4.45. The van der Waals surface area contributed by atoms with E-state index in [0.717, 1.165) is 18.7 Å². The van der Waals surface area contributed by atoms with Crippen molar-refractivity contribution < 1.29 is 4.79 Å². The van der Waals surface area contributed by atoms with Gasteiger partial charge in [-0.2, -0.15) is 11.8 Å². The number of amides is 1. The molecular weight excluding hydrogens is 170 g/mol. The summed E-state index contributed by atoms with van der Waals surface area (Å²) in [6.07, 6.45) is 2.33. The van der Waals surface area contributed by atoms with Crippen LogP contribution in [0.3, 0.4) is 0 Å². The van der Waals surface area contributed by atoms with E-state index in [4.69, 9.17) is 0 Å². The predicted octanol–water partition coefficient (Wildman–Crippen LogP) is 1.82. The molecule has 0 unspecified atom stereocenters. The molecule has 70 valence electrons. The number of nitrogens with one attached hydrogen (secondary N) is 1. The Bertz CT molecular complexity index is 145. The van der Waals surface area contributed by atoms with Crippen LogP contribution < -0.4 is 5.32 Å². The van der Waals surface area contributed by atoms with Crippen LogP contribution in [-0.4, -0.2) is 23.5 Å². The van der Waals surface area contributed by atoms with Crippen molar-refractivity contribution in [1.82, 2.24) is 5.32 Å². The van der Waals surface area contributed by atoms with Gasteiger partial charge in [0.2, 0.25) is 5.91 Å². The minimum atomic E-state index is -0.0791. The minimum absolute atomic E-state index is 0.0791. The molecule has 0 rings (SSSR count). The molecule has 0 radical (unpaired) electrons. The molecule has 3 heteroatoms. The molecule has 0 bridgehead atoms. The van der Waals surface area contributed by atoms with Crippen LogP contribution in [0.1, 0.15) is 20.3 Å². The summed E-state index contributed by atoms with van der Waals surface area (Å²) in [5.74, 6) is 1.03. The van der Waals surface area contributed by atoms with E-state index in [-0.39, 0.29) is 5.91 Å². The van der Waals surface area contributed by atoms with Crippen molar-refractivity contribution in [1.29, 1.82) is 0 Å². The quantitative estimate of drug-likeness (QED) is 0.507. The van der Waals surface area contributed by atoms with Crippen LogP contribution >= 0.6 is 11.8 Å². The number of thioether (sulfide) groups is 1. The number of rotatable bonds is 6. The summed E-state index contributed by atoms with van der Waals surface area (Å²) >= 11 is 1.91. The maximum Gasteiger partial charge on any atom is 0.243 e. The lowest BCUT2D eigenvalue weighted by Crippen LogP contribution is -2.22. The second-order valence-electron chi connectivity index (χ2n) is 2.77. The molecule has 1 amide bonds. The highest BCUT2D eigenvalue weighted by Gasteiger charge is 1.95. The second kappa shape index (κ2) is 7.22. The molecule has 0 heterocycles. The molecule has 0 aliphatic heterocycles. The molecule has 0 aromatic carbocycles. The van der Waals surface area contributed by atoms with E-state index in [9.17, 15) is 4.79 Å². The lowest BCUT2D eigenvalue weighted by atomic mass is 10.4. The van der Waals surface area contributed by atoms with Crippen LogP contribution in [0.15, 0.2) is 12.7 Å². The van der Waals surface area contributed by atoms with Gasteiger partial charge >= 0.3 is 0 Å². The van der Waals surface area contributed by atoms with Gasteiger partial charge in [-0.3, -0.25) is 4.79 Å². The standard InChI is InChI=1S/C9H17NOS/c1-4-9(11)10-6-5-7-12-8(2)3/h4,8H,1,5-7H2,2-3H3,(H,10,11). The smallest absolute Gasteiger partial charge is 0.243 e. The molecule has 0 atom stereocenters. The van der Waals surface area contributed by atoms with E-state index in [2.05, 4.69) is 25.7 Å². The molecule has 0 aliphatic carbocycles. The Hall–Kier alpha value is -0.440. The fourth-order valence-corrected chi connectivity index (χ4v) is 1.46. The van der Waals surface area contributed by atoms with E-state index in [1.54, 1.807) is 0 Å². The van der Waals surface area contributed by atoms with Crippen molar-refractivity contribution in [2.24, 2.45) is 0 Å². The highest BCUT2D eigenvalue weighted by Crippen LogP contribution is 2.09. The van der Waals surface area contributed by atoms with Crippen molar-refractivity contribution in [2.75, 3.05) is 12.3 Å². The normalized spacial score (nSPS) is 9.92. The molecular formula is C9H17NOS. The van der Waals surface area contributed by atoms with Gasteiger partial charge in [-0.1, -0.05) is 20.4 Å². The van der Waals surface area contributed by atoms with Gasteiger partial charge in [0.15, 0.2) is 0 Å². The van der Waals surface area contributed by atoms with Crippen molar-refractivity contribution in [3.8, 4) is 0 Å². The molecule has 0 spiro atoms. The number of carbonyl (C=O) groups is 1. The zero-order valence-electron chi connectivity index (χ0n) is 7.80. The summed E-state index contributed by atoms with van der Waals surface area (Å²) in [5.41, 5.74) is 0. The van der Waals surface area contributed by atoms with Gasteiger partial charge in [-0.15, -0.1) is 0 Å². The predicted molar refractivity (Wildman–Crippen MR) is 55.4 cm³/mol. The number of hydrogen-bond acceptors (Lipinski definition) is 2. The van der Waals surface area contributed by atoms with Crippen LogP contribution in [0.4, 0.5) is 0 Å². The summed E-state index contributed by atoms with van der Waals surface area (Å²) in [6.45, 7) is 8.47. The maximum absolute atomic E-state index is 10.7. The Morgan fingerprint density at radius 2 is 2.33 bits per heavy atom. The van der Waals surface area contributed by atoms with E-state index >= 15 is 0 Å². The van der Waals surface area contributed by atoms with Gasteiger partial charge < -0.3 is 5.32 Å². The lowest BCUT2D eigenvalue weighted by molar-refractivity contribution is -0.116. The van der Waals surface area contributed by atoms with Crippen molar-refractivity contribution in [3.63, 3.8) is 0 Å². The molecule has 0 fully saturated rings. The Morgan fingerprint density at radius 1 is 1.67 bits per heavy atom. The molecule has 1 N–H and O–H groups in total. The van der Waals surface area contributed by atoms with Crippen molar-refractivity contribution in [3.05, 3.63) is 12.7 Å². The van der Waals surface area contributed by atoms with Gasteiger partial charge in [0.05, 0.1) is 0 Å². The Labute approximate surface area is 78.8 Å². The van der Waals surface area contributed by atoms with Gasteiger partial charge in [0.25, 0.3) is 0 Å². The highest BCUT2D eigenvalue weighted by atomic mass is 32.2. The Balaban J connectivity index is 3.11. The maximum atomic E-state index is 10.7. The molecule has 0 aliphatic rings. The first-order chi connectivity index (χ1) is 5.66. The van der Waals surface area contributed by atoms with Crippen LogP contribution in [-0.2, 0) is 4.79 Å². The molecule has 0 aromatic rings. The van der Waals surface area contributed by atoms with Gasteiger partial charge in [-0.05, 0) is 23.5 Å². The summed E-state index contributed by atoms with van der Waals surface area (Å²) in [7, 11) is 0. The lowest BCUT2D eigenvalue weighted by Gasteiger charge is -2.04. The number of hydrogen-bond donors (Lipinski definition) is 1. The van der Waals surface area contributed by atoms with Crippen molar-refractivity contribution >= 4 is 17.7 Å². The van der Waals surface area contributed by atoms with E-state index < -0.39 is 0 Å². The van der Waals surface area contributed by atoms with Gasteiger partial charge in [0, 0.05) is 6.54 Å². The first-order valence-electron chi connectivity index (χ1n) is 4.18. The SMILES string of the molecule is C=CC(=O)NCCCSC(C)C. The van der Waals surface area contributed by atoms with Crippen molar-refractivity contribution in [2.45, 2.75) is 25.5 Å². The van der Waals surface area contributed by atoms with Gasteiger partial charge in [-0.25, -0.2) is 0 Å². The average Bonchev–Trinajstić information content (AvgIpc) is 2.03. The molecule has 0 aromatic heterocycles. The fourth-order valence-electron chi connectivity index (χ4n) is 0.675. The third kappa shape index (κ3) is 7.66. The summed E-state index contributed by atoms with van der Waals surface area (Å²) in [4.78, 5) is 10.7. The van der Waals surface area contributed by atoms with Crippen LogP contribution in [0.5, 0.6) is 0 Å². The van der Waals surface area contributed by atoms with Crippen LogP contribution in [0.25, 0.3) is 0 Å². The average molecular weight is 187 g/mol. The number of carbonyl (C=O) groups excluding carboxylic acids is 1. The minimum Gasteiger partial charge on any atom is -0.353 e. The van der Waals surface area contributed by atoms with Crippen LogP contribution in [0, 0.1) is 0 Å². The van der Waals surface area contributed by atoms with E-state index in [1.165, 1.54) is 6.08 Å². The molecule has 2 nitrogen and oxygen atoms in total. The topological polar surface area (TPSA) is 29.1 Å². The van der Waals surface area contributed by atoms with Crippen LogP contribution in [0.2, 0.25) is 0 Å². The fraction of sp³-hybridized carbons (Fsp3) is 0.667. The highest BCUT2D eigenvalue weighted by molar-refractivity contribution is 7.99. The van der Waals surface area contributed by atoms with E-state index in [1.807, 2.05) is 11.8 Å². The first-order valence-corrected chi connectivity index (χ1v) is 5.23. The van der Waals surface area contributed by atoms with E-state index in [0.29, 0.717) is 5.25 Å². The Morgan fingerprint density at radius 3 is 2.83 bits per heavy atom. The third-order valence-corrected chi connectivity index (χ3v) is 2.45. The summed E-state index contributed by atoms with van der Waals surface area (Å²) < 4.78 is 0. The van der Waals surface area contributed by atoms with Gasteiger partial charge in [0.1, 0.15) is 0 Å². The Kier molecular flexibility index (Phi) is 6.96. The largest absolute Gasteiger partial charge is 0.353 e. The first kappa shape index (κ1) is 11.6. The molecule has 0 saturated heterocycles. The molecule has 12 heavy (non-hydrogen) atoms. The summed E-state index contributed by atoms with van der Waals surface area (Å²) in [5, 5.41) is 3.42. The molecule has 0 saturated carbocycles. The zero-order valence-corrected chi connectivity index (χ0v) is 8.62. The zero-order chi connectivity index (χ0) is 9.40. The monoisotopic (exact) mass is 187 g/mol.